The van der Waals surface area contributed by atoms with Crippen LogP contribution in [0.2, 0.25) is 0 Å². The second-order valence-electron chi connectivity index (χ2n) is 11.6. The van der Waals surface area contributed by atoms with Crippen LogP contribution in [0.3, 0.4) is 0 Å². The van der Waals surface area contributed by atoms with Crippen LogP contribution in [-0.2, 0) is 33.3 Å². The van der Waals surface area contributed by atoms with Gasteiger partial charge in [-0.3, -0.25) is 9.59 Å². The van der Waals surface area contributed by atoms with Crippen molar-refractivity contribution in [3.05, 3.63) is 0 Å². The van der Waals surface area contributed by atoms with Crippen LogP contribution < -0.4 is 10.6 Å². The van der Waals surface area contributed by atoms with Gasteiger partial charge in [0.05, 0.1) is 25.9 Å². The van der Waals surface area contributed by atoms with E-state index in [0.29, 0.717) is 51.7 Å². The van der Waals surface area contributed by atoms with Crippen LogP contribution in [-0.4, -0.2) is 167 Å². The van der Waals surface area contributed by atoms with Gasteiger partial charge in [-0.25, -0.2) is 0 Å². The first-order valence-electron chi connectivity index (χ1n) is 15.9. The van der Waals surface area contributed by atoms with Gasteiger partial charge in [0.15, 0.2) is 12.6 Å². The maximum atomic E-state index is 12.4. The summed E-state index contributed by atoms with van der Waals surface area (Å²) in [5.74, 6) is -0.274. The minimum Gasteiger partial charge on any atom is -0.394 e. The minimum atomic E-state index is -1.51. The summed E-state index contributed by atoms with van der Waals surface area (Å²) in [6, 6.07) is -0.192. The molecule has 10 unspecified atom stereocenters. The van der Waals surface area contributed by atoms with Crippen molar-refractivity contribution in [2.24, 2.45) is 0 Å². The highest BCUT2D eigenvalue weighted by Crippen LogP contribution is 2.23. The average Bonchev–Trinajstić information content (AvgIpc) is 3.04. The minimum absolute atomic E-state index is 0.120. The molecule has 0 radical (unpaired) electrons. The summed E-state index contributed by atoms with van der Waals surface area (Å²) in [6.07, 6.45) is -8.72. The zero-order chi connectivity index (χ0) is 34.1. The number of amides is 2. The molecule has 17 nitrogen and oxygen atoms in total. The van der Waals surface area contributed by atoms with Crippen molar-refractivity contribution in [3.63, 3.8) is 0 Å². The van der Waals surface area contributed by atoms with Crippen LogP contribution in [0.25, 0.3) is 0 Å². The molecule has 270 valence electrons. The second-order valence-corrected chi connectivity index (χ2v) is 11.6. The van der Waals surface area contributed by atoms with Gasteiger partial charge >= 0.3 is 0 Å². The van der Waals surface area contributed by atoms with E-state index in [4.69, 9.17) is 23.7 Å². The summed E-state index contributed by atoms with van der Waals surface area (Å²) in [4.78, 5) is 24.5. The fraction of sp³-hybridized carbons (Fsp3) is 0.931. The van der Waals surface area contributed by atoms with Crippen molar-refractivity contribution in [2.45, 2.75) is 125 Å². The summed E-state index contributed by atoms with van der Waals surface area (Å²) >= 11 is 0. The van der Waals surface area contributed by atoms with E-state index in [-0.39, 0.29) is 43.9 Å². The fourth-order valence-corrected chi connectivity index (χ4v) is 5.11. The molecule has 2 heterocycles. The van der Waals surface area contributed by atoms with Crippen LogP contribution in [0.5, 0.6) is 0 Å². The van der Waals surface area contributed by atoms with Gasteiger partial charge in [0.25, 0.3) is 0 Å². The molecule has 2 saturated heterocycles. The largest absolute Gasteiger partial charge is 0.394 e. The Morgan fingerprint density at radius 2 is 1.17 bits per heavy atom. The zero-order valence-electron chi connectivity index (χ0n) is 26.4. The monoisotopic (exact) mass is 670 g/mol. The number of carbonyl (C=O) groups excluding carboxylic acids is 2. The van der Waals surface area contributed by atoms with E-state index in [0.717, 1.165) is 6.42 Å². The molecule has 46 heavy (non-hydrogen) atoms. The van der Waals surface area contributed by atoms with Crippen molar-refractivity contribution < 1.29 is 74.1 Å². The predicted octanol–water partition coefficient (Wildman–Crippen LogP) is -3.62. The Hall–Kier alpha value is -1.58. The maximum Gasteiger partial charge on any atom is 0.220 e. The number of carbonyl (C=O) groups is 2. The van der Waals surface area contributed by atoms with Crippen LogP contribution in [0, 0.1) is 0 Å². The number of rotatable bonds is 22. The lowest BCUT2D eigenvalue weighted by molar-refractivity contribution is -0.301. The van der Waals surface area contributed by atoms with Gasteiger partial charge in [0.2, 0.25) is 11.8 Å². The van der Waals surface area contributed by atoms with Crippen molar-refractivity contribution in [1.29, 1.82) is 0 Å². The van der Waals surface area contributed by atoms with Gasteiger partial charge in [-0.15, -0.1) is 0 Å². The summed E-state index contributed by atoms with van der Waals surface area (Å²) in [5.41, 5.74) is 0. The highest BCUT2D eigenvalue weighted by Gasteiger charge is 2.45. The van der Waals surface area contributed by atoms with E-state index < -0.39 is 74.6 Å². The van der Waals surface area contributed by atoms with Gasteiger partial charge in [-0.05, 0) is 44.9 Å². The molecular weight excluding hydrogens is 616 g/mol. The first-order chi connectivity index (χ1) is 22.0. The Morgan fingerprint density at radius 1 is 0.674 bits per heavy atom. The van der Waals surface area contributed by atoms with E-state index in [2.05, 4.69) is 10.6 Å². The molecule has 0 saturated carbocycles. The average molecular weight is 671 g/mol. The molecule has 0 bridgehead atoms. The van der Waals surface area contributed by atoms with Crippen LogP contribution in [0.15, 0.2) is 0 Å². The second kappa shape index (κ2) is 22.1. The van der Waals surface area contributed by atoms with E-state index in [1.165, 1.54) is 0 Å². The Labute approximate surface area is 268 Å². The van der Waals surface area contributed by atoms with E-state index in [1.54, 1.807) is 7.11 Å². The number of unbranched alkanes of at least 4 members (excludes halogenated alkanes) is 3. The first-order valence-corrected chi connectivity index (χ1v) is 15.9. The lowest BCUT2D eigenvalue weighted by atomic mass is 9.99. The lowest BCUT2D eigenvalue weighted by Gasteiger charge is -2.39. The third-order valence-electron chi connectivity index (χ3n) is 7.89. The molecule has 17 heteroatoms. The summed E-state index contributed by atoms with van der Waals surface area (Å²) in [5, 5.41) is 83.4. The smallest absolute Gasteiger partial charge is 0.220 e. The third kappa shape index (κ3) is 13.5. The van der Waals surface area contributed by atoms with Crippen molar-refractivity contribution in [2.75, 3.05) is 46.7 Å². The van der Waals surface area contributed by atoms with E-state index in [9.17, 15) is 50.4 Å². The molecular formula is C29H54N2O15. The van der Waals surface area contributed by atoms with E-state index in [1.807, 2.05) is 0 Å². The Morgan fingerprint density at radius 3 is 1.65 bits per heavy atom. The molecule has 0 aromatic rings. The number of nitrogens with one attached hydrogen (secondary N) is 2. The van der Waals surface area contributed by atoms with Crippen molar-refractivity contribution in [1.82, 2.24) is 10.6 Å². The molecule has 2 aliphatic heterocycles. The quantitative estimate of drug-likeness (QED) is 0.0498. The molecule has 0 aromatic carbocycles. The van der Waals surface area contributed by atoms with Gasteiger partial charge in [0.1, 0.15) is 48.8 Å². The molecule has 0 aromatic heterocycles. The van der Waals surface area contributed by atoms with Gasteiger partial charge < -0.3 is 75.2 Å². The number of hydrogen-bond donors (Lipinski definition) is 10. The molecule has 2 fully saturated rings. The number of hydrogen-bond acceptors (Lipinski definition) is 15. The Kier molecular flexibility index (Phi) is 19.5. The zero-order valence-corrected chi connectivity index (χ0v) is 26.4. The van der Waals surface area contributed by atoms with Gasteiger partial charge in [-0.2, -0.15) is 0 Å². The molecule has 0 spiro atoms. The van der Waals surface area contributed by atoms with Crippen LogP contribution in [0.4, 0.5) is 0 Å². The summed E-state index contributed by atoms with van der Waals surface area (Å²) in [6.45, 7) is 0.0217. The third-order valence-corrected chi connectivity index (χ3v) is 7.89. The highest BCUT2D eigenvalue weighted by molar-refractivity contribution is 5.76. The molecule has 2 rings (SSSR count). The van der Waals surface area contributed by atoms with Crippen LogP contribution in [0.1, 0.15) is 57.8 Å². The highest BCUT2D eigenvalue weighted by atomic mass is 16.7. The normalized spacial score (nSPS) is 32.2. The Bertz CT molecular complexity index is 853. The van der Waals surface area contributed by atoms with Crippen molar-refractivity contribution in [3.8, 4) is 0 Å². The molecule has 0 aliphatic carbocycles. The number of ether oxygens (including phenoxy) is 5. The summed E-state index contributed by atoms with van der Waals surface area (Å²) < 4.78 is 26.6. The standard InChI is InChI=1S/C29H54N2O15/c1-42-16-17(31-21(35)10-4-7-13-44-29-27(41)25(39)23(37)19(15-33)46-29)8-2-5-11-30-20(34)9-3-6-12-43-28-26(40)24(38)22(36)18(14-32)45-28/h17-19,22-29,32-33,36-41H,2-16H2,1H3,(H,30,34)(H,31,35)/t17-,18?,19?,22?,23?,24?,25?,26?,27?,28?,29?/m1/s1. The van der Waals surface area contributed by atoms with Gasteiger partial charge in [0, 0.05) is 39.7 Å². The van der Waals surface area contributed by atoms with Crippen molar-refractivity contribution >= 4 is 11.8 Å². The SMILES string of the molecule is COC[C@@H](CCCCNC(=O)CCCCOC1OC(CO)C(O)C(O)C1O)NC(=O)CCCCOC1OC(CO)C(O)C(O)C1O. The lowest BCUT2D eigenvalue weighted by Crippen LogP contribution is -2.59. The summed E-state index contributed by atoms with van der Waals surface area (Å²) in [7, 11) is 1.55. The number of aliphatic hydroxyl groups excluding tert-OH is 8. The first kappa shape index (κ1) is 40.6. The van der Waals surface area contributed by atoms with E-state index >= 15 is 0 Å². The fourth-order valence-electron chi connectivity index (χ4n) is 5.11. The molecule has 11 atom stereocenters. The maximum absolute atomic E-state index is 12.4. The topological polar surface area (TPSA) is 266 Å². The van der Waals surface area contributed by atoms with Gasteiger partial charge in [-0.1, -0.05) is 0 Å². The molecule has 2 aliphatic rings. The molecule has 2 amide bonds. The molecule has 10 N–H and O–H groups in total. The predicted molar refractivity (Wildman–Crippen MR) is 158 cm³/mol. The number of aliphatic hydroxyl groups is 8. The number of methoxy groups -OCH3 is 1. The van der Waals surface area contributed by atoms with Crippen LogP contribution >= 0.6 is 0 Å². The Balaban J connectivity index is 1.51.